The molecule has 1 aliphatic heterocycles. The van der Waals surface area contributed by atoms with Gasteiger partial charge in [0.15, 0.2) is 0 Å². The summed E-state index contributed by atoms with van der Waals surface area (Å²) in [6.07, 6.45) is 0. The number of ether oxygens (including phenoxy) is 2. The quantitative estimate of drug-likeness (QED) is 0.298. The Morgan fingerprint density at radius 3 is 1.63 bits per heavy atom. The minimum absolute atomic E-state index is 0.543. The highest BCUT2D eigenvalue weighted by Crippen LogP contribution is 2.37. The lowest BCUT2D eigenvalue weighted by Crippen LogP contribution is -2.46. The lowest BCUT2D eigenvalue weighted by molar-refractivity contribution is 0.295. The molecule has 0 radical (unpaired) electrons. The molecule has 0 aliphatic carbocycles. The third-order valence-corrected chi connectivity index (χ3v) is 6.47. The zero-order chi connectivity index (χ0) is 23.9. The summed E-state index contributed by atoms with van der Waals surface area (Å²) in [6.45, 7) is 6.98. The Labute approximate surface area is 208 Å². The number of aryl methyl sites for hydroxylation is 1. The zero-order valence-electron chi connectivity index (χ0n) is 20.3. The molecule has 0 unspecified atom stereocenters. The second-order valence-corrected chi connectivity index (χ2v) is 8.94. The van der Waals surface area contributed by atoms with Gasteiger partial charge in [-0.05, 0) is 41.8 Å². The minimum Gasteiger partial charge on any atom is -0.489 e. The van der Waals surface area contributed by atoms with E-state index in [1.165, 1.54) is 5.69 Å². The van der Waals surface area contributed by atoms with E-state index in [1.807, 2.05) is 36.4 Å². The second kappa shape index (κ2) is 11.0. The van der Waals surface area contributed by atoms with Crippen LogP contribution >= 0.6 is 0 Å². The van der Waals surface area contributed by atoms with Gasteiger partial charge in [0.25, 0.3) is 0 Å². The molecule has 5 rings (SSSR count). The van der Waals surface area contributed by atoms with Crippen LogP contribution < -0.4 is 19.3 Å². The van der Waals surface area contributed by atoms with E-state index in [4.69, 9.17) is 9.47 Å². The van der Waals surface area contributed by atoms with Gasteiger partial charge in [0, 0.05) is 37.9 Å². The Hall–Kier alpha value is -3.92. The maximum atomic E-state index is 6.38. The van der Waals surface area contributed by atoms with Crippen molar-refractivity contribution in [2.45, 2.75) is 20.1 Å². The van der Waals surface area contributed by atoms with Crippen LogP contribution in [-0.2, 0) is 13.2 Å². The van der Waals surface area contributed by atoms with Crippen LogP contribution in [0.4, 0.5) is 11.4 Å². The van der Waals surface area contributed by atoms with E-state index in [2.05, 4.69) is 83.5 Å². The summed E-state index contributed by atoms with van der Waals surface area (Å²) in [4.78, 5) is 4.87. The number of hydrogen-bond acceptors (Lipinski definition) is 4. The van der Waals surface area contributed by atoms with Gasteiger partial charge in [-0.1, -0.05) is 78.9 Å². The Bertz CT molecular complexity index is 1200. The molecule has 1 fully saturated rings. The number of piperazine rings is 1. The maximum absolute atomic E-state index is 6.38. The van der Waals surface area contributed by atoms with Crippen molar-refractivity contribution in [1.29, 1.82) is 0 Å². The van der Waals surface area contributed by atoms with Gasteiger partial charge in [-0.25, -0.2) is 0 Å². The highest BCUT2D eigenvalue weighted by atomic mass is 16.5. The van der Waals surface area contributed by atoms with E-state index in [9.17, 15) is 0 Å². The molecule has 4 nitrogen and oxygen atoms in total. The van der Waals surface area contributed by atoms with Crippen LogP contribution in [0.3, 0.4) is 0 Å². The van der Waals surface area contributed by atoms with Crippen molar-refractivity contribution >= 4 is 11.4 Å². The molecule has 1 aliphatic rings. The van der Waals surface area contributed by atoms with Crippen LogP contribution in [0.5, 0.6) is 11.5 Å². The van der Waals surface area contributed by atoms with E-state index in [-0.39, 0.29) is 0 Å². The number of benzene rings is 4. The topological polar surface area (TPSA) is 24.9 Å². The summed E-state index contributed by atoms with van der Waals surface area (Å²) >= 11 is 0. The first kappa shape index (κ1) is 22.9. The fourth-order valence-corrected chi connectivity index (χ4v) is 4.48. The monoisotopic (exact) mass is 464 g/mol. The molecule has 0 atom stereocenters. The molecule has 0 bridgehead atoms. The summed E-state index contributed by atoms with van der Waals surface area (Å²) in [7, 11) is 0. The largest absolute Gasteiger partial charge is 0.489 e. The summed E-state index contributed by atoms with van der Waals surface area (Å²) in [5, 5.41) is 0. The summed E-state index contributed by atoms with van der Waals surface area (Å²) in [6, 6.07) is 35.6. The van der Waals surface area contributed by atoms with Crippen molar-refractivity contribution < 1.29 is 9.47 Å². The van der Waals surface area contributed by atoms with Gasteiger partial charge in [0.1, 0.15) is 24.7 Å². The predicted molar refractivity (Wildman–Crippen MR) is 144 cm³/mol. The van der Waals surface area contributed by atoms with Gasteiger partial charge < -0.3 is 19.3 Å². The fraction of sp³-hybridized carbons (Fsp3) is 0.226. The molecule has 4 aromatic rings. The molecule has 0 spiro atoms. The number of rotatable bonds is 8. The highest BCUT2D eigenvalue weighted by Gasteiger charge is 2.22. The van der Waals surface area contributed by atoms with E-state index in [0.29, 0.717) is 13.2 Å². The minimum atomic E-state index is 0.543. The van der Waals surface area contributed by atoms with Crippen molar-refractivity contribution in [2.24, 2.45) is 0 Å². The highest BCUT2D eigenvalue weighted by molar-refractivity contribution is 5.65. The SMILES string of the molecule is Cc1cc(OCc2ccccc2)c(N2CCN(c3ccccc3)CC2)cc1OCc1ccccc1. The average Bonchev–Trinajstić information content (AvgIpc) is 2.93. The van der Waals surface area contributed by atoms with Crippen molar-refractivity contribution in [3.8, 4) is 11.5 Å². The van der Waals surface area contributed by atoms with E-state index in [0.717, 1.165) is 60.1 Å². The first-order valence-electron chi connectivity index (χ1n) is 12.3. The van der Waals surface area contributed by atoms with Gasteiger partial charge >= 0.3 is 0 Å². The molecule has 1 heterocycles. The Kier molecular flexibility index (Phi) is 7.18. The van der Waals surface area contributed by atoms with Crippen LogP contribution in [-0.4, -0.2) is 26.2 Å². The van der Waals surface area contributed by atoms with Crippen LogP contribution in [0, 0.1) is 6.92 Å². The number of anilines is 2. The maximum Gasteiger partial charge on any atom is 0.143 e. The number of nitrogens with zero attached hydrogens (tertiary/aromatic N) is 2. The van der Waals surface area contributed by atoms with Crippen LogP contribution in [0.25, 0.3) is 0 Å². The van der Waals surface area contributed by atoms with Crippen molar-refractivity contribution in [1.82, 2.24) is 0 Å². The summed E-state index contributed by atoms with van der Waals surface area (Å²) < 4.78 is 12.6. The van der Waals surface area contributed by atoms with Crippen LogP contribution in [0.15, 0.2) is 103 Å². The van der Waals surface area contributed by atoms with E-state index >= 15 is 0 Å². The van der Waals surface area contributed by atoms with E-state index in [1.54, 1.807) is 0 Å². The molecular weight excluding hydrogens is 432 g/mol. The van der Waals surface area contributed by atoms with Crippen molar-refractivity contribution in [3.63, 3.8) is 0 Å². The van der Waals surface area contributed by atoms with Crippen molar-refractivity contribution in [2.75, 3.05) is 36.0 Å². The van der Waals surface area contributed by atoms with Crippen LogP contribution in [0.1, 0.15) is 16.7 Å². The summed E-state index contributed by atoms with van der Waals surface area (Å²) in [5.41, 5.74) is 5.78. The van der Waals surface area contributed by atoms with Crippen molar-refractivity contribution in [3.05, 3.63) is 120 Å². The Morgan fingerprint density at radius 2 is 1.06 bits per heavy atom. The van der Waals surface area contributed by atoms with Gasteiger partial charge in [-0.3, -0.25) is 0 Å². The molecule has 0 amide bonds. The lowest BCUT2D eigenvalue weighted by Gasteiger charge is -2.38. The molecule has 0 saturated carbocycles. The molecule has 4 aromatic carbocycles. The molecule has 0 N–H and O–H groups in total. The molecule has 1 saturated heterocycles. The lowest BCUT2D eigenvalue weighted by atomic mass is 10.1. The third kappa shape index (κ3) is 5.78. The van der Waals surface area contributed by atoms with Gasteiger partial charge in [0.2, 0.25) is 0 Å². The van der Waals surface area contributed by atoms with Gasteiger partial charge in [0.05, 0.1) is 5.69 Å². The summed E-state index contributed by atoms with van der Waals surface area (Å²) in [5.74, 6) is 1.81. The first-order chi connectivity index (χ1) is 17.3. The molecule has 178 valence electrons. The zero-order valence-corrected chi connectivity index (χ0v) is 20.3. The molecule has 0 aromatic heterocycles. The second-order valence-electron chi connectivity index (χ2n) is 8.94. The average molecular weight is 465 g/mol. The molecule has 35 heavy (non-hydrogen) atoms. The Balaban J connectivity index is 1.36. The first-order valence-corrected chi connectivity index (χ1v) is 12.3. The smallest absolute Gasteiger partial charge is 0.143 e. The Morgan fingerprint density at radius 1 is 0.571 bits per heavy atom. The van der Waals surface area contributed by atoms with Gasteiger partial charge in [-0.15, -0.1) is 0 Å². The van der Waals surface area contributed by atoms with Crippen LogP contribution in [0.2, 0.25) is 0 Å². The number of para-hydroxylation sites is 1. The number of hydrogen-bond donors (Lipinski definition) is 0. The molecule has 4 heteroatoms. The fourth-order valence-electron chi connectivity index (χ4n) is 4.48. The van der Waals surface area contributed by atoms with Gasteiger partial charge in [-0.2, -0.15) is 0 Å². The van der Waals surface area contributed by atoms with E-state index < -0.39 is 0 Å². The predicted octanol–water partition coefficient (Wildman–Crippen LogP) is 6.48. The standard InChI is InChI=1S/C31H32N2O2/c1-25-21-31(35-24-27-13-7-3-8-14-27)29(22-30(25)34-23-26-11-5-2-6-12-26)33-19-17-32(18-20-33)28-15-9-4-10-16-28/h2-16,21-22H,17-20,23-24H2,1H3. The third-order valence-electron chi connectivity index (χ3n) is 6.47. The molecular formula is C31H32N2O2. The normalized spacial score (nSPS) is 13.5.